The molecule has 0 aromatic rings. The Kier molecular flexibility index (Phi) is 5.86. The highest BCUT2D eigenvalue weighted by Crippen LogP contribution is 2.67. The summed E-state index contributed by atoms with van der Waals surface area (Å²) in [6.45, 7) is 14.7. The molecule has 4 rings (SSSR count). The third-order valence-electron chi connectivity index (χ3n) is 10.6. The van der Waals surface area contributed by atoms with E-state index in [1.807, 2.05) is 0 Å². The van der Waals surface area contributed by atoms with E-state index in [9.17, 15) is 5.11 Å². The highest BCUT2D eigenvalue weighted by Gasteiger charge is 2.58. The Balaban J connectivity index is 1.53. The van der Waals surface area contributed by atoms with Gasteiger partial charge in [-0.05, 0) is 104 Å². The second-order valence-corrected chi connectivity index (χ2v) is 12.2. The molecule has 0 unspecified atom stereocenters. The molecule has 9 atom stereocenters. The lowest BCUT2D eigenvalue weighted by Crippen LogP contribution is -2.50. The van der Waals surface area contributed by atoms with Gasteiger partial charge < -0.3 is 5.11 Å². The van der Waals surface area contributed by atoms with Crippen LogP contribution in [0.2, 0.25) is 0 Å². The van der Waals surface area contributed by atoms with Gasteiger partial charge in [0, 0.05) is 0 Å². The summed E-state index contributed by atoms with van der Waals surface area (Å²) in [4.78, 5) is 0. The van der Waals surface area contributed by atoms with Crippen molar-refractivity contribution in [2.45, 2.75) is 99.0 Å². The van der Waals surface area contributed by atoms with Gasteiger partial charge in [-0.3, -0.25) is 0 Å². The van der Waals surface area contributed by atoms with Crippen molar-refractivity contribution in [2.75, 3.05) is 0 Å². The van der Waals surface area contributed by atoms with Crippen LogP contribution < -0.4 is 0 Å². The first-order chi connectivity index (χ1) is 13.7. The molecule has 0 bridgehead atoms. The molecule has 0 heterocycles. The molecule has 1 N–H and O–H groups in total. The Morgan fingerprint density at radius 2 is 1.72 bits per heavy atom. The monoisotopic (exact) mass is 398 g/mol. The first-order valence-corrected chi connectivity index (χ1v) is 12.7. The first kappa shape index (κ1) is 21.7. The molecule has 0 radical (unpaired) electrons. The smallest absolute Gasteiger partial charge is 0.0577 e. The van der Waals surface area contributed by atoms with Gasteiger partial charge in [0.25, 0.3) is 0 Å². The van der Waals surface area contributed by atoms with Gasteiger partial charge in [-0.1, -0.05) is 65.3 Å². The SMILES string of the molecule is CC(C)[C@@H](C)/C=C\[C@@H](C)[C@H]1CC[C@H]2[C@@H]3CC=C4C[C@@H](O)CC[C@]4(C)[C@H]3CC[C@]12C. The van der Waals surface area contributed by atoms with Crippen LogP contribution in [0.3, 0.4) is 0 Å². The molecule has 0 aromatic carbocycles. The summed E-state index contributed by atoms with van der Waals surface area (Å²) >= 11 is 0. The van der Waals surface area contributed by atoms with Crippen LogP contribution in [0.1, 0.15) is 92.9 Å². The number of allylic oxidation sites excluding steroid dienone is 3. The second kappa shape index (κ2) is 7.85. The summed E-state index contributed by atoms with van der Waals surface area (Å²) in [6.07, 6.45) is 17.7. The van der Waals surface area contributed by atoms with Crippen molar-refractivity contribution in [1.29, 1.82) is 0 Å². The molecule has 1 heteroatoms. The number of fused-ring (bicyclic) bond motifs is 5. The Morgan fingerprint density at radius 1 is 0.966 bits per heavy atom. The fourth-order valence-corrected chi connectivity index (χ4v) is 8.25. The zero-order valence-electron chi connectivity index (χ0n) is 20.0. The molecule has 0 saturated heterocycles. The third-order valence-corrected chi connectivity index (χ3v) is 10.6. The van der Waals surface area contributed by atoms with Gasteiger partial charge in [-0.25, -0.2) is 0 Å². The highest BCUT2D eigenvalue weighted by molar-refractivity contribution is 5.25. The van der Waals surface area contributed by atoms with Crippen LogP contribution in [0, 0.1) is 52.3 Å². The van der Waals surface area contributed by atoms with Gasteiger partial charge in [-0.15, -0.1) is 0 Å². The Bertz CT molecular complexity index is 659. The van der Waals surface area contributed by atoms with E-state index in [1.165, 1.54) is 38.5 Å². The number of aliphatic hydroxyl groups excluding tert-OH is 1. The van der Waals surface area contributed by atoms with E-state index in [1.54, 1.807) is 5.57 Å². The van der Waals surface area contributed by atoms with Crippen LogP contribution in [0.15, 0.2) is 23.8 Å². The van der Waals surface area contributed by atoms with Crippen molar-refractivity contribution in [3.05, 3.63) is 23.8 Å². The molecule has 3 fully saturated rings. The van der Waals surface area contributed by atoms with Gasteiger partial charge >= 0.3 is 0 Å². The molecule has 0 aromatic heterocycles. The van der Waals surface area contributed by atoms with Gasteiger partial charge in [0.1, 0.15) is 0 Å². The maximum absolute atomic E-state index is 10.2. The summed E-state index contributed by atoms with van der Waals surface area (Å²) in [7, 11) is 0. The van der Waals surface area contributed by atoms with Crippen LogP contribution in [-0.2, 0) is 0 Å². The predicted molar refractivity (Wildman–Crippen MR) is 124 cm³/mol. The van der Waals surface area contributed by atoms with E-state index in [0.717, 1.165) is 42.4 Å². The molecule has 3 saturated carbocycles. The van der Waals surface area contributed by atoms with Crippen molar-refractivity contribution in [3.8, 4) is 0 Å². The minimum atomic E-state index is -0.0866. The summed E-state index contributed by atoms with van der Waals surface area (Å²) in [5.74, 6) is 5.63. The van der Waals surface area contributed by atoms with Crippen LogP contribution in [0.25, 0.3) is 0 Å². The average Bonchev–Trinajstić information content (AvgIpc) is 3.03. The first-order valence-electron chi connectivity index (χ1n) is 12.7. The Labute approximate surface area is 180 Å². The topological polar surface area (TPSA) is 20.2 Å². The van der Waals surface area contributed by atoms with Crippen molar-refractivity contribution >= 4 is 0 Å². The molecule has 0 aliphatic heterocycles. The molecule has 4 aliphatic rings. The van der Waals surface area contributed by atoms with E-state index in [4.69, 9.17) is 0 Å². The molecule has 164 valence electrons. The molecule has 1 nitrogen and oxygen atoms in total. The van der Waals surface area contributed by atoms with Crippen LogP contribution in [0.5, 0.6) is 0 Å². The van der Waals surface area contributed by atoms with Crippen molar-refractivity contribution < 1.29 is 5.11 Å². The zero-order valence-corrected chi connectivity index (χ0v) is 20.0. The fourth-order valence-electron chi connectivity index (χ4n) is 8.25. The largest absolute Gasteiger partial charge is 0.393 e. The third kappa shape index (κ3) is 3.58. The number of hydrogen-bond donors (Lipinski definition) is 1. The number of aliphatic hydroxyl groups is 1. The lowest BCUT2D eigenvalue weighted by molar-refractivity contribution is -0.0540. The van der Waals surface area contributed by atoms with Crippen molar-refractivity contribution in [1.82, 2.24) is 0 Å². The molecular formula is C28H46O. The minimum absolute atomic E-state index is 0.0866. The average molecular weight is 399 g/mol. The minimum Gasteiger partial charge on any atom is -0.393 e. The maximum atomic E-state index is 10.2. The molecular weight excluding hydrogens is 352 g/mol. The van der Waals surface area contributed by atoms with E-state index in [2.05, 4.69) is 59.8 Å². The lowest BCUT2D eigenvalue weighted by Gasteiger charge is -2.58. The van der Waals surface area contributed by atoms with Gasteiger partial charge in [0.05, 0.1) is 6.10 Å². The van der Waals surface area contributed by atoms with Crippen LogP contribution in [-0.4, -0.2) is 11.2 Å². The normalized spacial score (nSPS) is 46.8. The van der Waals surface area contributed by atoms with Gasteiger partial charge in [0.2, 0.25) is 0 Å². The Hall–Kier alpha value is -0.560. The summed E-state index contributed by atoms with van der Waals surface area (Å²) in [5, 5.41) is 10.2. The highest BCUT2D eigenvalue weighted by atomic mass is 16.3. The van der Waals surface area contributed by atoms with E-state index in [-0.39, 0.29) is 6.10 Å². The molecule has 4 aliphatic carbocycles. The summed E-state index contributed by atoms with van der Waals surface area (Å²) in [6, 6.07) is 0. The molecule has 0 spiro atoms. The van der Waals surface area contributed by atoms with E-state index in [0.29, 0.717) is 22.7 Å². The van der Waals surface area contributed by atoms with Gasteiger partial charge in [-0.2, -0.15) is 0 Å². The van der Waals surface area contributed by atoms with E-state index >= 15 is 0 Å². The fraction of sp³-hybridized carbons (Fsp3) is 0.857. The van der Waals surface area contributed by atoms with Crippen LogP contribution in [0.4, 0.5) is 0 Å². The second-order valence-electron chi connectivity index (χ2n) is 12.2. The predicted octanol–water partition coefficient (Wildman–Crippen LogP) is 7.41. The quantitative estimate of drug-likeness (QED) is 0.489. The summed E-state index contributed by atoms with van der Waals surface area (Å²) in [5.41, 5.74) is 2.51. The summed E-state index contributed by atoms with van der Waals surface area (Å²) < 4.78 is 0. The lowest BCUT2D eigenvalue weighted by atomic mass is 9.47. The van der Waals surface area contributed by atoms with Crippen LogP contribution >= 0.6 is 0 Å². The maximum Gasteiger partial charge on any atom is 0.0577 e. The Morgan fingerprint density at radius 3 is 2.45 bits per heavy atom. The van der Waals surface area contributed by atoms with Crippen molar-refractivity contribution in [3.63, 3.8) is 0 Å². The van der Waals surface area contributed by atoms with Gasteiger partial charge in [0.15, 0.2) is 0 Å². The molecule has 0 amide bonds. The van der Waals surface area contributed by atoms with Crippen molar-refractivity contribution in [2.24, 2.45) is 52.3 Å². The zero-order chi connectivity index (χ0) is 21.0. The van der Waals surface area contributed by atoms with E-state index < -0.39 is 0 Å². The molecule has 29 heavy (non-hydrogen) atoms. The number of rotatable bonds is 4. The number of hydrogen-bond acceptors (Lipinski definition) is 1. The standard InChI is InChI=1S/C28H46O/c1-18(2)19(3)7-8-20(4)24-11-12-25-23-10-9-21-17-22(29)13-15-27(21,5)26(23)14-16-28(24,25)6/h7-9,18-20,22-26,29H,10-17H2,1-6H3/b8-7-/t19-,20+,22-,23-,24+,25-,26-,27-,28+/m0/s1.